The van der Waals surface area contributed by atoms with Gasteiger partial charge >= 0.3 is 0 Å². The highest BCUT2D eigenvalue weighted by Gasteiger charge is 2.35. The standard InChI is InChI=1S/C25H31N3O5S/c1-3-20-6-4-5-15-28(20)34(31,32)23-13-7-19(8-14-23)26-25(30)18-16-24(29)27(17-18)21-9-11-22(33-2)12-10-21/h7-14,18,20H,3-6,15-17H2,1-2H3,(H,26,30)/t18-,20-/m0/s1. The number of carbonyl (C=O) groups is 2. The highest BCUT2D eigenvalue weighted by Crippen LogP contribution is 2.29. The van der Waals surface area contributed by atoms with Gasteiger partial charge in [0, 0.05) is 36.9 Å². The van der Waals surface area contributed by atoms with Crippen LogP contribution < -0.4 is 15.0 Å². The second kappa shape index (κ2) is 10.1. The maximum Gasteiger partial charge on any atom is 0.243 e. The van der Waals surface area contributed by atoms with E-state index in [4.69, 9.17) is 4.74 Å². The fraction of sp³-hybridized carbons (Fsp3) is 0.440. The maximum atomic E-state index is 13.1. The normalized spacial score (nSPS) is 21.5. The van der Waals surface area contributed by atoms with Gasteiger partial charge < -0.3 is 15.0 Å². The number of sulfonamides is 1. The number of hydrogen-bond acceptors (Lipinski definition) is 5. The Hall–Kier alpha value is -2.91. The highest BCUT2D eigenvalue weighted by atomic mass is 32.2. The number of ether oxygens (including phenoxy) is 1. The molecule has 2 saturated heterocycles. The first-order valence-corrected chi connectivity index (χ1v) is 13.1. The molecule has 34 heavy (non-hydrogen) atoms. The summed E-state index contributed by atoms with van der Waals surface area (Å²) in [5.41, 5.74) is 1.23. The van der Waals surface area contributed by atoms with E-state index in [1.807, 2.05) is 6.92 Å². The number of anilines is 2. The Kier molecular flexibility index (Phi) is 7.23. The largest absolute Gasteiger partial charge is 0.497 e. The van der Waals surface area contributed by atoms with Gasteiger partial charge in [0.25, 0.3) is 0 Å². The van der Waals surface area contributed by atoms with Crippen molar-refractivity contribution in [2.24, 2.45) is 5.92 Å². The number of piperidine rings is 1. The molecule has 2 heterocycles. The van der Waals surface area contributed by atoms with Gasteiger partial charge in [-0.25, -0.2) is 8.42 Å². The summed E-state index contributed by atoms with van der Waals surface area (Å²) in [6.07, 6.45) is 3.73. The molecule has 2 aromatic rings. The second-order valence-corrected chi connectivity index (χ2v) is 10.7. The summed E-state index contributed by atoms with van der Waals surface area (Å²) in [7, 11) is -2.00. The van der Waals surface area contributed by atoms with Crippen molar-refractivity contribution in [1.82, 2.24) is 4.31 Å². The lowest BCUT2D eigenvalue weighted by Gasteiger charge is -2.34. The van der Waals surface area contributed by atoms with Gasteiger partial charge in [0.15, 0.2) is 0 Å². The molecule has 2 aliphatic heterocycles. The third-order valence-corrected chi connectivity index (χ3v) is 8.62. The van der Waals surface area contributed by atoms with Crippen LogP contribution in [-0.4, -0.2) is 50.8 Å². The summed E-state index contributed by atoms with van der Waals surface area (Å²) >= 11 is 0. The maximum absolute atomic E-state index is 13.1. The minimum absolute atomic E-state index is 0.0340. The van der Waals surface area contributed by atoms with Gasteiger partial charge in [-0.05, 0) is 67.8 Å². The van der Waals surface area contributed by atoms with Gasteiger partial charge in [-0.15, -0.1) is 0 Å². The van der Waals surface area contributed by atoms with Crippen molar-refractivity contribution >= 4 is 33.2 Å². The smallest absolute Gasteiger partial charge is 0.243 e. The van der Waals surface area contributed by atoms with Gasteiger partial charge in [0.05, 0.1) is 17.9 Å². The first kappa shape index (κ1) is 24.2. The third kappa shape index (κ3) is 4.95. The summed E-state index contributed by atoms with van der Waals surface area (Å²) in [5.74, 6) is -0.168. The monoisotopic (exact) mass is 485 g/mol. The van der Waals surface area contributed by atoms with Crippen LogP contribution in [0.5, 0.6) is 5.75 Å². The topological polar surface area (TPSA) is 96.0 Å². The Balaban J connectivity index is 1.40. The van der Waals surface area contributed by atoms with Crippen LogP contribution in [0.1, 0.15) is 39.0 Å². The lowest BCUT2D eigenvalue weighted by Crippen LogP contribution is -2.43. The molecule has 4 rings (SSSR count). The van der Waals surface area contributed by atoms with Crippen LogP contribution in [-0.2, 0) is 19.6 Å². The van der Waals surface area contributed by atoms with E-state index in [-0.39, 0.29) is 35.7 Å². The molecule has 9 heteroatoms. The molecule has 2 aliphatic rings. The zero-order chi connectivity index (χ0) is 24.3. The summed E-state index contributed by atoms with van der Waals surface area (Å²) in [6, 6.07) is 13.5. The zero-order valence-corrected chi connectivity index (χ0v) is 20.4. The SMILES string of the molecule is CC[C@H]1CCCCN1S(=O)(=O)c1ccc(NC(=O)[C@H]2CC(=O)N(c3ccc(OC)cc3)C2)cc1. The number of amides is 2. The quantitative estimate of drug-likeness (QED) is 0.646. The second-order valence-electron chi connectivity index (χ2n) is 8.79. The van der Waals surface area contributed by atoms with Crippen molar-refractivity contribution in [3.8, 4) is 5.75 Å². The van der Waals surface area contributed by atoms with Gasteiger partial charge in [0.2, 0.25) is 21.8 Å². The Bertz CT molecular complexity index is 1130. The molecular weight excluding hydrogens is 454 g/mol. The molecule has 0 aliphatic carbocycles. The summed E-state index contributed by atoms with van der Waals surface area (Å²) in [4.78, 5) is 27.1. The number of benzene rings is 2. The van der Waals surface area contributed by atoms with E-state index in [1.165, 1.54) is 12.1 Å². The van der Waals surface area contributed by atoms with Crippen LogP contribution in [0.15, 0.2) is 53.4 Å². The minimum atomic E-state index is -3.57. The van der Waals surface area contributed by atoms with Gasteiger partial charge in [-0.3, -0.25) is 9.59 Å². The number of methoxy groups -OCH3 is 1. The lowest BCUT2D eigenvalue weighted by molar-refractivity contribution is -0.122. The van der Waals surface area contributed by atoms with E-state index >= 15 is 0 Å². The number of nitrogens with one attached hydrogen (secondary N) is 1. The molecule has 1 N–H and O–H groups in total. The van der Waals surface area contributed by atoms with Crippen LogP contribution in [0.2, 0.25) is 0 Å². The van der Waals surface area contributed by atoms with E-state index in [9.17, 15) is 18.0 Å². The van der Waals surface area contributed by atoms with Crippen molar-refractivity contribution in [1.29, 1.82) is 0 Å². The Morgan fingerprint density at radius 3 is 2.44 bits per heavy atom. The van der Waals surface area contributed by atoms with Gasteiger partial charge in [-0.2, -0.15) is 4.31 Å². The van der Waals surface area contributed by atoms with E-state index in [2.05, 4.69) is 5.32 Å². The molecule has 2 amide bonds. The Morgan fingerprint density at radius 2 is 1.79 bits per heavy atom. The lowest BCUT2D eigenvalue weighted by atomic mass is 10.0. The van der Waals surface area contributed by atoms with Crippen LogP contribution in [0, 0.1) is 5.92 Å². The molecule has 0 spiro atoms. The molecule has 2 aromatic carbocycles. The van der Waals surface area contributed by atoms with Crippen molar-refractivity contribution < 1.29 is 22.7 Å². The average molecular weight is 486 g/mol. The van der Waals surface area contributed by atoms with Crippen LogP contribution in [0.3, 0.4) is 0 Å². The number of nitrogens with zero attached hydrogens (tertiary/aromatic N) is 2. The van der Waals surface area contributed by atoms with Crippen molar-refractivity contribution in [3.05, 3.63) is 48.5 Å². The van der Waals surface area contributed by atoms with Gasteiger partial charge in [0.1, 0.15) is 5.75 Å². The first-order valence-electron chi connectivity index (χ1n) is 11.7. The van der Waals surface area contributed by atoms with E-state index in [1.54, 1.807) is 52.7 Å². The molecule has 182 valence electrons. The summed E-state index contributed by atoms with van der Waals surface area (Å²) in [6.45, 7) is 2.84. The predicted molar refractivity (Wildman–Crippen MR) is 130 cm³/mol. The third-order valence-electron chi connectivity index (χ3n) is 6.65. The predicted octanol–water partition coefficient (Wildman–Crippen LogP) is 3.64. The van der Waals surface area contributed by atoms with Crippen molar-refractivity contribution in [2.45, 2.75) is 50.0 Å². The molecule has 0 saturated carbocycles. The molecule has 8 nitrogen and oxygen atoms in total. The molecule has 0 radical (unpaired) electrons. The van der Waals surface area contributed by atoms with E-state index in [0.717, 1.165) is 31.4 Å². The molecular formula is C25H31N3O5S. The first-order chi connectivity index (χ1) is 16.3. The fourth-order valence-electron chi connectivity index (χ4n) is 4.68. The molecule has 2 fully saturated rings. The van der Waals surface area contributed by atoms with E-state index < -0.39 is 15.9 Å². The number of hydrogen-bond donors (Lipinski definition) is 1. The van der Waals surface area contributed by atoms with Crippen molar-refractivity contribution in [3.63, 3.8) is 0 Å². The van der Waals surface area contributed by atoms with Crippen molar-refractivity contribution in [2.75, 3.05) is 30.4 Å². The highest BCUT2D eigenvalue weighted by molar-refractivity contribution is 7.89. The minimum Gasteiger partial charge on any atom is -0.497 e. The zero-order valence-electron chi connectivity index (χ0n) is 19.6. The average Bonchev–Trinajstić information content (AvgIpc) is 3.26. The number of carbonyl (C=O) groups excluding carboxylic acids is 2. The molecule has 0 bridgehead atoms. The molecule has 2 atom stereocenters. The summed E-state index contributed by atoms with van der Waals surface area (Å²) < 4.78 is 33.0. The summed E-state index contributed by atoms with van der Waals surface area (Å²) in [5, 5.41) is 2.83. The number of rotatable bonds is 7. The van der Waals surface area contributed by atoms with Crippen LogP contribution in [0.25, 0.3) is 0 Å². The fourth-order valence-corrected chi connectivity index (χ4v) is 6.45. The molecule has 0 unspecified atom stereocenters. The van der Waals surface area contributed by atoms with Gasteiger partial charge in [-0.1, -0.05) is 13.3 Å². The Labute approximate surface area is 200 Å². The van der Waals surface area contributed by atoms with E-state index in [0.29, 0.717) is 18.0 Å². The molecule has 0 aromatic heterocycles. The van der Waals surface area contributed by atoms with Crippen LogP contribution >= 0.6 is 0 Å². The van der Waals surface area contributed by atoms with Crippen LogP contribution in [0.4, 0.5) is 11.4 Å². The Morgan fingerprint density at radius 1 is 1.09 bits per heavy atom.